The molecule has 0 unspecified atom stereocenters. The van der Waals surface area contributed by atoms with Crippen molar-refractivity contribution in [3.05, 3.63) is 59.7 Å². The molecular weight excluding hydrogens is 310 g/mol. The van der Waals surface area contributed by atoms with Gasteiger partial charge >= 0.3 is 6.09 Å². The predicted molar refractivity (Wildman–Crippen MR) is 101 cm³/mol. The van der Waals surface area contributed by atoms with E-state index in [0.717, 1.165) is 12.8 Å². The molecule has 2 aromatic carbocycles. The van der Waals surface area contributed by atoms with E-state index in [0.29, 0.717) is 12.5 Å². The summed E-state index contributed by atoms with van der Waals surface area (Å²) in [5, 5.41) is 2.61. The normalized spacial score (nSPS) is 22.4. The van der Waals surface area contributed by atoms with Crippen LogP contribution in [0.15, 0.2) is 48.6 Å². The highest BCUT2D eigenvalue weighted by Gasteiger charge is 2.40. The Morgan fingerprint density at radius 2 is 1.84 bits per heavy atom. The third kappa shape index (κ3) is 2.92. The Balaban J connectivity index is 1.79. The van der Waals surface area contributed by atoms with Crippen LogP contribution in [0.1, 0.15) is 50.7 Å². The Bertz CT molecular complexity index is 847. The van der Waals surface area contributed by atoms with Crippen LogP contribution in [0.5, 0.6) is 0 Å². The van der Waals surface area contributed by atoms with Crippen LogP contribution in [0.3, 0.4) is 0 Å². The maximum Gasteiger partial charge on any atom is 0.410 e. The van der Waals surface area contributed by atoms with Gasteiger partial charge in [0.05, 0.1) is 0 Å². The number of rotatable bonds is 0. The molecule has 1 aliphatic carbocycles. The van der Waals surface area contributed by atoms with Gasteiger partial charge in [-0.1, -0.05) is 48.6 Å². The summed E-state index contributed by atoms with van der Waals surface area (Å²) in [6, 6.07) is 13.1. The standard InChI is InChI=1S/C22H25NO2/c1-22(2,3)25-21(24)23-14-16-13-12-15-8-4-5-9-17(15)20(16)18-10-6-7-11-19(18)23/h4-9,12-13,18-19H,10-11,14H2,1-3H3/t18-,19+/m1/s1. The van der Waals surface area contributed by atoms with Gasteiger partial charge in [0.15, 0.2) is 0 Å². The van der Waals surface area contributed by atoms with Crippen molar-refractivity contribution in [3.63, 3.8) is 0 Å². The van der Waals surface area contributed by atoms with Crippen molar-refractivity contribution in [2.75, 3.05) is 0 Å². The summed E-state index contributed by atoms with van der Waals surface area (Å²) in [7, 11) is 0. The zero-order valence-corrected chi connectivity index (χ0v) is 15.2. The summed E-state index contributed by atoms with van der Waals surface area (Å²) in [6.07, 6.45) is 6.13. The summed E-state index contributed by atoms with van der Waals surface area (Å²) in [5.74, 6) is 0.340. The molecule has 0 radical (unpaired) electrons. The Hall–Kier alpha value is -2.29. The topological polar surface area (TPSA) is 29.5 Å². The van der Waals surface area contributed by atoms with Gasteiger partial charge in [-0.05, 0) is 55.5 Å². The monoisotopic (exact) mass is 335 g/mol. The van der Waals surface area contributed by atoms with Gasteiger partial charge in [-0.2, -0.15) is 0 Å². The molecule has 0 fully saturated rings. The van der Waals surface area contributed by atoms with Crippen molar-refractivity contribution in [3.8, 4) is 0 Å². The molecule has 3 heteroatoms. The first-order chi connectivity index (χ1) is 11.9. The molecule has 3 nitrogen and oxygen atoms in total. The summed E-state index contributed by atoms with van der Waals surface area (Å²) in [5.41, 5.74) is 2.20. The molecule has 2 aliphatic rings. The second-order valence-electron chi connectivity index (χ2n) is 8.08. The molecule has 130 valence electrons. The van der Waals surface area contributed by atoms with Crippen LogP contribution >= 0.6 is 0 Å². The highest BCUT2D eigenvalue weighted by Crippen LogP contribution is 2.43. The quantitative estimate of drug-likeness (QED) is 0.604. The highest BCUT2D eigenvalue weighted by molar-refractivity contribution is 5.88. The molecule has 0 bridgehead atoms. The minimum absolute atomic E-state index is 0.179. The van der Waals surface area contributed by atoms with Crippen LogP contribution in [0.2, 0.25) is 0 Å². The van der Waals surface area contributed by atoms with Gasteiger partial charge in [0.2, 0.25) is 0 Å². The first-order valence-electron chi connectivity index (χ1n) is 9.09. The van der Waals surface area contributed by atoms with E-state index in [1.54, 1.807) is 0 Å². The van der Waals surface area contributed by atoms with Crippen LogP contribution in [-0.2, 0) is 11.3 Å². The lowest BCUT2D eigenvalue weighted by atomic mass is 9.75. The Labute approximate surface area is 149 Å². The lowest BCUT2D eigenvalue weighted by Crippen LogP contribution is -2.49. The van der Waals surface area contributed by atoms with Crippen molar-refractivity contribution in [1.82, 2.24) is 4.90 Å². The third-order valence-electron chi connectivity index (χ3n) is 5.20. The van der Waals surface area contributed by atoms with Gasteiger partial charge in [-0.25, -0.2) is 4.79 Å². The van der Waals surface area contributed by atoms with Crippen molar-refractivity contribution in [2.45, 2.75) is 57.7 Å². The maximum atomic E-state index is 12.8. The average Bonchev–Trinajstić information content (AvgIpc) is 2.59. The molecule has 1 aliphatic heterocycles. The van der Waals surface area contributed by atoms with E-state index in [2.05, 4.69) is 48.6 Å². The number of allylic oxidation sites excluding steroid dienone is 1. The summed E-state index contributed by atoms with van der Waals surface area (Å²) >= 11 is 0. The van der Waals surface area contributed by atoms with Gasteiger partial charge in [0.1, 0.15) is 5.60 Å². The van der Waals surface area contributed by atoms with Crippen molar-refractivity contribution in [2.24, 2.45) is 0 Å². The largest absolute Gasteiger partial charge is 0.444 e. The highest BCUT2D eigenvalue weighted by atomic mass is 16.6. The molecule has 0 saturated carbocycles. The molecule has 2 aromatic rings. The van der Waals surface area contributed by atoms with E-state index in [1.165, 1.54) is 21.9 Å². The van der Waals surface area contributed by atoms with Crippen molar-refractivity contribution < 1.29 is 9.53 Å². The molecule has 1 amide bonds. The fraction of sp³-hybridized carbons (Fsp3) is 0.409. The fourth-order valence-corrected chi connectivity index (χ4v) is 4.19. The van der Waals surface area contributed by atoms with Crippen LogP contribution in [-0.4, -0.2) is 22.6 Å². The van der Waals surface area contributed by atoms with E-state index >= 15 is 0 Å². The zero-order valence-electron chi connectivity index (χ0n) is 15.2. The van der Waals surface area contributed by atoms with Gasteiger partial charge in [-0.15, -0.1) is 0 Å². The van der Waals surface area contributed by atoms with E-state index in [4.69, 9.17) is 4.74 Å². The van der Waals surface area contributed by atoms with E-state index < -0.39 is 5.60 Å². The molecule has 4 rings (SSSR count). The summed E-state index contributed by atoms with van der Waals surface area (Å²) in [4.78, 5) is 14.8. The number of amides is 1. The van der Waals surface area contributed by atoms with Crippen LogP contribution < -0.4 is 0 Å². The van der Waals surface area contributed by atoms with E-state index in [-0.39, 0.29) is 12.1 Å². The minimum atomic E-state index is -0.471. The van der Waals surface area contributed by atoms with E-state index in [1.807, 2.05) is 25.7 Å². The van der Waals surface area contributed by atoms with E-state index in [9.17, 15) is 4.79 Å². The number of hydrogen-bond donors (Lipinski definition) is 0. The van der Waals surface area contributed by atoms with Crippen LogP contribution in [0, 0.1) is 0 Å². The molecule has 0 saturated heterocycles. The second-order valence-corrected chi connectivity index (χ2v) is 8.08. The molecule has 0 spiro atoms. The Morgan fingerprint density at radius 1 is 1.08 bits per heavy atom. The minimum Gasteiger partial charge on any atom is -0.444 e. The van der Waals surface area contributed by atoms with Gasteiger partial charge in [0, 0.05) is 18.5 Å². The number of benzene rings is 2. The Morgan fingerprint density at radius 3 is 2.64 bits per heavy atom. The maximum absolute atomic E-state index is 12.8. The fourth-order valence-electron chi connectivity index (χ4n) is 4.19. The van der Waals surface area contributed by atoms with Gasteiger partial charge < -0.3 is 4.74 Å². The third-order valence-corrected chi connectivity index (χ3v) is 5.20. The Kier molecular flexibility index (Phi) is 3.82. The average molecular weight is 335 g/mol. The molecule has 2 atom stereocenters. The number of carbonyl (C=O) groups excluding carboxylic acids is 1. The molecule has 1 heterocycles. The number of ether oxygens (including phenoxy) is 1. The predicted octanol–water partition coefficient (Wildman–Crippen LogP) is 5.39. The smallest absolute Gasteiger partial charge is 0.410 e. The lowest BCUT2D eigenvalue weighted by Gasteiger charge is -2.44. The van der Waals surface area contributed by atoms with Gasteiger partial charge in [-0.3, -0.25) is 4.90 Å². The first kappa shape index (κ1) is 16.2. The number of hydrogen-bond acceptors (Lipinski definition) is 2. The zero-order chi connectivity index (χ0) is 17.6. The number of nitrogens with zero attached hydrogens (tertiary/aromatic N) is 1. The van der Waals surface area contributed by atoms with Crippen molar-refractivity contribution in [1.29, 1.82) is 0 Å². The SMILES string of the molecule is CC(C)(C)OC(=O)N1Cc2ccc3ccccc3c2[C@@H]2CC=CC[C@@H]21. The second kappa shape index (κ2) is 5.91. The molecule has 0 N–H and O–H groups in total. The molecule has 25 heavy (non-hydrogen) atoms. The van der Waals surface area contributed by atoms with Crippen LogP contribution in [0.25, 0.3) is 10.8 Å². The number of fused-ring (bicyclic) bond motifs is 5. The van der Waals surface area contributed by atoms with Crippen molar-refractivity contribution >= 4 is 16.9 Å². The molecule has 0 aromatic heterocycles. The first-order valence-corrected chi connectivity index (χ1v) is 9.09. The molecular formula is C22H25NO2. The number of carbonyl (C=O) groups is 1. The van der Waals surface area contributed by atoms with Crippen LogP contribution in [0.4, 0.5) is 4.79 Å². The lowest BCUT2D eigenvalue weighted by molar-refractivity contribution is 0.00816. The van der Waals surface area contributed by atoms with Gasteiger partial charge in [0.25, 0.3) is 0 Å². The summed E-state index contributed by atoms with van der Waals surface area (Å²) < 4.78 is 5.69. The summed E-state index contributed by atoms with van der Waals surface area (Å²) in [6.45, 7) is 6.40.